The topological polar surface area (TPSA) is 6.48 Å². The average molecular weight is 185 g/mol. The number of rotatable bonds is 0. The first-order valence-electron chi connectivity index (χ1n) is 3.80. The van der Waals surface area contributed by atoms with E-state index in [4.69, 9.17) is 0 Å². The first-order chi connectivity index (χ1) is 5.29. The molecule has 0 saturated heterocycles. The lowest BCUT2D eigenvalue weighted by Crippen LogP contribution is -2.23. The minimum atomic E-state index is 0. The Morgan fingerprint density at radius 1 is 1.00 bits per heavy atom. The second-order valence-electron chi connectivity index (χ2n) is 3.03. The normalized spacial score (nSPS) is 14.2. The molecule has 1 aliphatic heterocycles. The van der Waals surface area contributed by atoms with Gasteiger partial charge >= 0.3 is 0 Å². The van der Waals surface area contributed by atoms with Crippen molar-refractivity contribution in [1.82, 2.24) is 0 Å². The molecule has 0 aromatic heterocycles. The number of fused-ring (bicyclic) bond motifs is 1. The van der Waals surface area contributed by atoms with Crippen LogP contribution in [0.15, 0.2) is 24.3 Å². The molecule has 0 atom stereocenters. The lowest BCUT2D eigenvalue weighted by Gasteiger charge is -2.11. The van der Waals surface area contributed by atoms with Gasteiger partial charge in [-0.1, -0.05) is 12.1 Å². The summed E-state index contributed by atoms with van der Waals surface area (Å²) in [6, 6.07) is 8.46. The van der Waals surface area contributed by atoms with Crippen LogP contribution in [0, 0.1) is 0 Å². The van der Waals surface area contributed by atoms with Gasteiger partial charge in [0.1, 0.15) is 0 Å². The van der Waals surface area contributed by atoms with Crippen LogP contribution in [0.25, 0.3) is 0 Å². The fraction of sp³-hybridized carbons (Fsp3) is 0.333. The lowest BCUT2D eigenvalue weighted by molar-refractivity contribution is 0.916. The molecule has 0 unspecified atom stereocenters. The van der Waals surface area contributed by atoms with E-state index in [2.05, 4.69) is 48.2 Å². The predicted octanol–water partition coefficient (Wildman–Crippen LogP) is 1.95. The Morgan fingerprint density at radius 2 is 1.42 bits per heavy atom. The van der Waals surface area contributed by atoms with Gasteiger partial charge in [0.05, 0.1) is 18.0 Å². The van der Waals surface area contributed by atoms with Gasteiger partial charge < -0.3 is 9.80 Å². The van der Waals surface area contributed by atoms with Gasteiger partial charge in [0.15, 0.2) is 0 Å². The summed E-state index contributed by atoms with van der Waals surface area (Å²) in [5.74, 6) is 0. The lowest BCUT2D eigenvalue weighted by atomic mass is 10.3. The summed E-state index contributed by atoms with van der Waals surface area (Å²) < 4.78 is 0. The van der Waals surface area contributed by atoms with Crippen molar-refractivity contribution in [3.05, 3.63) is 24.3 Å². The number of halogens is 1. The van der Waals surface area contributed by atoms with Gasteiger partial charge in [0.2, 0.25) is 0 Å². The Morgan fingerprint density at radius 3 is 1.83 bits per heavy atom. The van der Waals surface area contributed by atoms with E-state index >= 15 is 0 Å². The van der Waals surface area contributed by atoms with Gasteiger partial charge in [-0.3, -0.25) is 0 Å². The molecule has 1 aliphatic rings. The Bertz CT molecular complexity index is 248. The number of benzene rings is 1. The third-order valence-electron chi connectivity index (χ3n) is 2.13. The van der Waals surface area contributed by atoms with Gasteiger partial charge in [-0.05, 0) is 12.1 Å². The van der Waals surface area contributed by atoms with Gasteiger partial charge in [0.25, 0.3) is 0 Å². The first kappa shape index (κ1) is 9.20. The van der Waals surface area contributed by atoms with Crippen molar-refractivity contribution in [3.8, 4) is 0 Å². The van der Waals surface area contributed by atoms with E-state index in [1.807, 2.05) is 0 Å². The fourth-order valence-corrected chi connectivity index (χ4v) is 1.58. The molecule has 1 heterocycles. The standard InChI is InChI=1S/C9H12N2.ClH/c1-10-7-11(2)9-6-4-3-5-8(9)10;/h3-6H,7H2,1-2H3;1H. The molecule has 0 spiro atoms. The van der Waals surface area contributed by atoms with E-state index in [1.165, 1.54) is 11.4 Å². The minimum absolute atomic E-state index is 0. The van der Waals surface area contributed by atoms with E-state index in [9.17, 15) is 0 Å². The molecule has 0 N–H and O–H groups in total. The van der Waals surface area contributed by atoms with Crippen molar-refractivity contribution in [2.75, 3.05) is 30.6 Å². The average Bonchev–Trinajstić information content (AvgIpc) is 2.30. The highest BCUT2D eigenvalue weighted by Gasteiger charge is 2.18. The smallest absolute Gasteiger partial charge is 0.0898 e. The Labute approximate surface area is 79.2 Å². The molecule has 1 aromatic rings. The quantitative estimate of drug-likeness (QED) is 0.608. The van der Waals surface area contributed by atoms with Crippen molar-refractivity contribution in [2.24, 2.45) is 0 Å². The van der Waals surface area contributed by atoms with E-state index in [0.717, 1.165) is 6.67 Å². The van der Waals surface area contributed by atoms with Crippen molar-refractivity contribution >= 4 is 23.8 Å². The summed E-state index contributed by atoms with van der Waals surface area (Å²) in [4.78, 5) is 4.49. The molecule has 2 rings (SSSR count). The highest BCUT2D eigenvalue weighted by atomic mass is 35.5. The first-order valence-corrected chi connectivity index (χ1v) is 3.80. The monoisotopic (exact) mass is 184 g/mol. The molecule has 12 heavy (non-hydrogen) atoms. The number of para-hydroxylation sites is 2. The maximum atomic E-state index is 2.25. The van der Waals surface area contributed by atoms with Crippen LogP contribution in [-0.2, 0) is 0 Å². The van der Waals surface area contributed by atoms with Crippen molar-refractivity contribution in [2.45, 2.75) is 0 Å². The zero-order valence-electron chi connectivity index (χ0n) is 7.32. The second kappa shape index (κ2) is 3.23. The maximum absolute atomic E-state index is 2.25. The Kier molecular flexibility index (Phi) is 2.48. The number of hydrogen-bond acceptors (Lipinski definition) is 2. The molecule has 0 amide bonds. The van der Waals surface area contributed by atoms with E-state index in [0.29, 0.717) is 0 Å². The molecule has 1 aromatic carbocycles. The summed E-state index contributed by atoms with van der Waals surface area (Å²) in [6.45, 7) is 0.999. The number of anilines is 2. The highest BCUT2D eigenvalue weighted by molar-refractivity contribution is 5.85. The molecule has 0 fully saturated rings. The van der Waals surface area contributed by atoms with E-state index in [-0.39, 0.29) is 12.4 Å². The van der Waals surface area contributed by atoms with Crippen LogP contribution >= 0.6 is 12.4 Å². The van der Waals surface area contributed by atoms with Crippen LogP contribution in [0.2, 0.25) is 0 Å². The van der Waals surface area contributed by atoms with Crippen LogP contribution in [0.5, 0.6) is 0 Å². The highest BCUT2D eigenvalue weighted by Crippen LogP contribution is 2.32. The van der Waals surface area contributed by atoms with Crippen LogP contribution < -0.4 is 9.80 Å². The van der Waals surface area contributed by atoms with Crippen LogP contribution in [-0.4, -0.2) is 20.8 Å². The molecule has 0 aliphatic carbocycles. The summed E-state index contributed by atoms with van der Waals surface area (Å²) >= 11 is 0. The molecule has 0 saturated carbocycles. The van der Waals surface area contributed by atoms with E-state index in [1.54, 1.807) is 0 Å². The SMILES string of the molecule is CN1CN(C)c2ccccc21.Cl. The van der Waals surface area contributed by atoms with Crippen LogP contribution in [0.4, 0.5) is 11.4 Å². The van der Waals surface area contributed by atoms with Crippen LogP contribution in [0.1, 0.15) is 0 Å². The summed E-state index contributed by atoms with van der Waals surface area (Å²) in [5.41, 5.74) is 2.66. The fourth-order valence-electron chi connectivity index (χ4n) is 1.58. The summed E-state index contributed by atoms with van der Waals surface area (Å²) in [5, 5.41) is 0. The molecule has 2 nitrogen and oxygen atoms in total. The van der Waals surface area contributed by atoms with Gasteiger partial charge in [0, 0.05) is 14.1 Å². The largest absolute Gasteiger partial charge is 0.355 e. The van der Waals surface area contributed by atoms with Crippen LogP contribution in [0.3, 0.4) is 0 Å². The Hall–Kier alpha value is -0.890. The summed E-state index contributed by atoms with van der Waals surface area (Å²) in [6.07, 6.45) is 0. The van der Waals surface area contributed by atoms with E-state index < -0.39 is 0 Å². The molecule has 66 valence electrons. The van der Waals surface area contributed by atoms with Crippen molar-refractivity contribution < 1.29 is 0 Å². The molecular weight excluding hydrogens is 172 g/mol. The molecule has 3 heteroatoms. The predicted molar refractivity (Wildman–Crippen MR) is 55.4 cm³/mol. The van der Waals surface area contributed by atoms with Gasteiger partial charge in [-0.2, -0.15) is 0 Å². The van der Waals surface area contributed by atoms with Crippen molar-refractivity contribution in [1.29, 1.82) is 0 Å². The second-order valence-corrected chi connectivity index (χ2v) is 3.03. The Balaban J connectivity index is 0.000000720. The zero-order chi connectivity index (χ0) is 7.84. The molecular formula is C9H13ClN2. The van der Waals surface area contributed by atoms with Gasteiger partial charge in [-0.15, -0.1) is 12.4 Å². The number of hydrogen-bond donors (Lipinski definition) is 0. The third-order valence-corrected chi connectivity index (χ3v) is 2.13. The third kappa shape index (κ3) is 1.23. The molecule has 0 bridgehead atoms. The zero-order valence-corrected chi connectivity index (χ0v) is 8.14. The van der Waals surface area contributed by atoms with Gasteiger partial charge in [-0.25, -0.2) is 0 Å². The molecule has 0 radical (unpaired) electrons. The number of nitrogens with zero attached hydrogens (tertiary/aromatic N) is 2. The minimum Gasteiger partial charge on any atom is -0.355 e. The maximum Gasteiger partial charge on any atom is 0.0898 e. The van der Waals surface area contributed by atoms with Crippen molar-refractivity contribution in [3.63, 3.8) is 0 Å². The summed E-state index contributed by atoms with van der Waals surface area (Å²) in [7, 11) is 4.23.